The van der Waals surface area contributed by atoms with Crippen LogP contribution in [0.15, 0.2) is 4.99 Å². The monoisotopic (exact) mass is 357 g/mol. The predicted octanol–water partition coefficient (Wildman–Crippen LogP) is -0.162. The predicted molar refractivity (Wildman–Crippen MR) is 99.7 cm³/mol. The number of morpholine rings is 1. The van der Waals surface area contributed by atoms with Crippen molar-refractivity contribution < 1.29 is 9.53 Å². The van der Waals surface area contributed by atoms with E-state index in [1.165, 1.54) is 18.6 Å². The van der Waals surface area contributed by atoms with Gasteiger partial charge in [0.2, 0.25) is 5.91 Å². The molecule has 2 heterocycles. The molecule has 1 atom stereocenters. The molecule has 2 fully saturated rings. The van der Waals surface area contributed by atoms with E-state index >= 15 is 0 Å². The van der Waals surface area contributed by atoms with Crippen molar-refractivity contribution in [2.75, 3.05) is 72.3 Å². The molecule has 0 aromatic carbocycles. The highest BCUT2D eigenvalue weighted by Gasteiger charge is 2.16. The third-order valence-electron chi connectivity index (χ3n) is 4.22. The number of carbonyl (C=O) groups excluding carboxylic acids is 1. The lowest BCUT2D eigenvalue weighted by molar-refractivity contribution is -0.127. The first-order valence-corrected chi connectivity index (χ1v) is 9.84. The van der Waals surface area contributed by atoms with Crippen LogP contribution in [0.25, 0.3) is 0 Å². The molecule has 0 saturated carbocycles. The lowest BCUT2D eigenvalue weighted by atomic mass is 10.2. The fourth-order valence-electron chi connectivity index (χ4n) is 2.64. The molecule has 0 radical (unpaired) electrons. The van der Waals surface area contributed by atoms with Crippen LogP contribution < -0.4 is 10.6 Å². The number of ether oxygens (including phenoxy) is 1. The summed E-state index contributed by atoms with van der Waals surface area (Å²) in [6.07, 6.45) is 2.56. The Labute approximate surface area is 149 Å². The summed E-state index contributed by atoms with van der Waals surface area (Å²) in [5.41, 5.74) is 0. The van der Waals surface area contributed by atoms with Gasteiger partial charge in [0.05, 0.1) is 13.2 Å². The molecule has 0 aromatic rings. The molecular formula is C16H31N5O2S. The van der Waals surface area contributed by atoms with E-state index in [1.807, 2.05) is 11.8 Å². The summed E-state index contributed by atoms with van der Waals surface area (Å²) in [5, 5.41) is 7.41. The van der Waals surface area contributed by atoms with Crippen molar-refractivity contribution in [1.29, 1.82) is 0 Å². The minimum Gasteiger partial charge on any atom is -0.379 e. The van der Waals surface area contributed by atoms with E-state index in [9.17, 15) is 4.79 Å². The third-order valence-corrected chi connectivity index (χ3v) is 5.61. The zero-order valence-corrected chi connectivity index (χ0v) is 15.7. The Hall–Kier alpha value is -0.990. The van der Waals surface area contributed by atoms with Gasteiger partial charge in [0, 0.05) is 52.1 Å². The quantitative estimate of drug-likeness (QED) is 0.487. The van der Waals surface area contributed by atoms with Crippen LogP contribution in [0.4, 0.5) is 0 Å². The molecule has 0 aromatic heterocycles. The molecule has 7 nitrogen and oxygen atoms in total. The summed E-state index contributed by atoms with van der Waals surface area (Å²) in [6.45, 7) is 6.47. The number of nitrogens with one attached hydrogen (secondary N) is 2. The first kappa shape index (κ1) is 19.3. The summed E-state index contributed by atoms with van der Waals surface area (Å²) >= 11 is 2.02. The first-order chi connectivity index (χ1) is 11.6. The van der Waals surface area contributed by atoms with Crippen LogP contribution in [0.5, 0.6) is 0 Å². The van der Waals surface area contributed by atoms with E-state index in [4.69, 9.17) is 4.74 Å². The standard InChI is InChI=1S/C16H31N5O2S/c1-20(2)15(22)13-19-16(18-12-14-4-3-11-24-14)17-5-6-21-7-9-23-10-8-21/h14H,3-13H2,1-2H3,(H2,17,18,19). The zero-order valence-electron chi connectivity index (χ0n) is 14.9. The average molecular weight is 358 g/mol. The Morgan fingerprint density at radius 1 is 1.33 bits per heavy atom. The highest BCUT2D eigenvalue weighted by molar-refractivity contribution is 8.00. The Balaban J connectivity index is 1.76. The fraction of sp³-hybridized carbons (Fsp3) is 0.875. The van der Waals surface area contributed by atoms with Gasteiger partial charge in [-0.2, -0.15) is 11.8 Å². The van der Waals surface area contributed by atoms with Gasteiger partial charge in [-0.1, -0.05) is 0 Å². The molecule has 2 N–H and O–H groups in total. The van der Waals surface area contributed by atoms with E-state index in [1.54, 1.807) is 19.0 Å². The van der Waals surface area contributed by atoms with Gasteiger partial charge >= 0.3 is 0 Å². The topological polar surface area (TPSA) is 69.2 Å². The van der Waals surface area contributed by atoms with Crippen LogP contribution in [0, 0.1) is 0 Å². The van der Waals surface area contributed by atoms with Gasteiger partial charge in [-0.25, -0.2) is 4.99 Å². The van der Waals surface area contributed by atoms with Gasteiger partial charge in [-0.15, -0.1) is 0 Å². The molecule has 138 valence electrons. The Morgan fingerprint density at radius 3 is 2.79 bits per heavy atom. The van der Waals surface area contributed by atoms with Crippen molar-refractivity contribution in [3.05, 3.63) is 0 Å². The van der Waals surface area contributed by atoms with Crippen molar-refractivity contribution in [3.63, 3.8) is 0 Å². The number of nitrogens with zero attached hydrogens (tertiary/aromatic N) is 3. The Kier molecular flexibility index (Phi) is 8.69. The smallest absolute Gasteiger partial charge is 0.243 e. The van der Waals surface area contributed by atoms with Crippen LogP contribution in [-0.4, -0.2) is 99.2 Å². The van der Waals surface area contributed by atoms with E-state index in [0.717, 1.165) is 51.9 Å². The van der Waals surface area contributed by atoms with Crippen molar-refractivity contribution >= 4 is 23.6 Å². The van der Waals surface area contributed by atoms with Gasteiger partial charge in [0.1, 0.15) is 6.54 Å². The molecule has 0 aliphatic carbocycles. The fourth-order valence-corrected chi connectivity index (χ4v) is 3.84. The van der Waals surface area contributed by atoms with E-state index in [-0.39, 0.29) is 12.5 Å². The minimum absolute atomic E-state index is 0.0134. The second kappa shape index (κ2) is 10.8. The molecule has 24 heavy (non-hydrogen) atoms. The molecule has 2 rings (SSSR count). The van der Waals surface area contributed by atoms with Gasteiger partial charge in [0.25, 0.3) is 0 Å². The number of amides is 1. The SMILES string of the molecule is CN(C)C(=O)CN=C(NCCN1CCOCC1)NCC1CCCS1. The highest BCUT2D eigenvalue weighted by Crippen LogP contribution is 2.25. The molecule has 1 amide bonds. The molecular weight excluding hydrogens is 326 g/mol. The maximum atomic E-state index is 11.8. The molecule has 2 aliphatic rings. The summed E-state index contributed by atoms with van der Waals surface area (Å²) in [6, 6.07) is 0. The van der Waals surface area contributed by atoms with Crippen LogP contribution in [0.1, 0.15) is 12.8 Å². The second-order valence-corrected chi connectivity index (χ2v) is 7.76. The maximum absolute atomic E-state index is 11.8. The lowest BCUT2D eigenvalue weighted by Gasteiger charge is -2.27. The number of guanidine groups is 1. The van der Waals surface area contributed by atoms with Crippen LogP contribution in [-0.2, 0) is 9.53 Å². The average Bonchev–Trinajstić information content (AvgIpc) is 3.10. The van der Waals surface area contributed by atoms with Crippen molar-refractivity contribution in [1.82, 2.24) is 20.4 Å². The largest absolute Gasteiger partial charge is 0.379 e. The van der Waals surface area contributed by atoms with Crippen molar-refractivity contribution in [2.24, 2.45) is 4.99 Å². The summed E-state index contributed by atoms with van der Waals surface area (Å²) < 4.78 is 5.37. The van der Waals surface area contributed by atoms with Gasteiger partial charge in [0.15, 0.2) is 5.96 Å². The molecule has 2 aliphatic heterocycles. The number of hydrogen-bond acceptors (Lipinski definition) is 5. The van der Waals surface area contributed by atoms with Crippen LogP contribution >= 0.6 is 11.8 Å². The lowest BCUT2D eigenvalue weighted by Crippen LogP contribution is -2.45. The summed E-state index contributed by atoms with van der Waals surface area (Å²) in [7, 11) is 3.51. The molecule has 0 spiro atoms. The third kappa shape index (κ3) is 7.27. The minimum atomic E-state index is 0.0134. The van der Waals surface area contributed by atoms with Gasteiger partial charge in [-0.05, 0) is 18.6 Å². The number of thioether (sulfide) groups is 1. The van der Waals surface area contributed by atoms with Crippen LogP contribution in [0.2, 0.25) is 0 Å². The number of likely N-dealkylation sites (N-methyl/N-ethyl adjacent to an activating group) is 1. The van der Waals surface area contributed by atoms with E-state index in [0.29, 0.717) is 5.25 Å². The Morgan fingerprint density at radius 2 is 2.12 bits per heavy atom. The number of hydrogen-bond donors (Lipinski definition) is 2. The van der Waals surface area contributed by atoms with Crippen LogP contribution in [0.3, 0.4) is 0 Å². The Bertz CT molecular complexity index is 407. The zero-order chi connectivity index (χ0) is 17.2. The molecule has 2 saturated heterocycles. The van der Waals surface area contributed by atoms with Gasteiger partial charge in [-0.3, -0.25) is 9.69 Å². The van der Waals surface area contributed by atoms with Crippen molar-refractivity contribution in [3.8, 4) is 0 Å². The second-order valence-electron chi connectivity index (χ2n) is 6.35. The molecule has 0 bridgehead atoms. The van der Waals surface area contributed by atoms with E-state index < -0.39 is 0 Å². The molecule has 1 unspecified atom stereocenters. The number of aliphatic imine (C=N–C) groups is 1. The molecule has 8 heteroatoms. The summed E-state index contributed by atoms with van der Waals surface area (Å²) in [4.78, 5) is 20.2. The van der Waals surface area contributed by atoms with E-state index in [2.05, 4.69) is 20.5 Å². The highest BCUT2D eigenvalue weighted by atomic mass is 32.2. The van der Waals surface area contributed by atoms with Gasteiger partial charge < -0.3 is 20.3 Å². The maximum Gasteiger partial charge on any atom is 0.243 e. The summed E-state index contributed by atoms with van der Waals surface area (Å²) in [5.74, 6) is 2.01. The number of carbonyl (C=O) groups is 1. The number of rotatable bonds is 7. The first-order valence-electron chi connectivity index (χ1n) is 8.79. The normalized spacial score (nSPS) is 22.4. The van der Waals surface area contributed by atoms with Crippen molar-refractivity contribution in [2.45, 2.75) is 18.1 Å².